The van der Waals surface area contributed by atoms with E-state index in [1.165, 1.54) is 11.8 Å². The summed E-state index contributed by atoms with van der Waals surface area (Å²) >= 11 is 6.57. The van der Waals surface area contributed by atoms with Crippen molar-refractivity contribution in [1.82, 2.24) is 9.80 Å². The first kappa shape index (κ1) is 12.4. The number of hydrogen-bond donors (Lipinski definition) is 0. The molecule has 1 fully saturated rings. The van der Waals surface area contributed by atoms with E-state index in [-0.39, 0.29) is 5.91 Å². The van der Waals surface area contributed by atoms with Crippen LogP contribution in [0.4, 0.5) is 0 Å². The zero-order valence-corrected chi connectivity index (χ0v) is 11.5. The second-order valence-electron chi connectivity index (χ2n) is 3.66. The van der Waals surface area contributed by atoms with Gasteiger partial charge in [-0.1, -0.05) is 24.0 Å². The topological polar surface area (TPSA) is 23.6 Å². The molecule has 0 bridgehead atoms. The maximum absolute atomic E-state index is 12.1. The lowest BCUT2D eigenvalue weighted by atomic mass is 10.2. The van der Waals surface area contributed by atoms with Crippen LogP contribution in [-0.4, -0.2) is 33.1 Å². The van der Waals surface area contributed by atoms with Crippen molar-refractivity contribution >= 4 is 34.2 Å². The highest BCUT2D eigenvalue weighted by molar-refractivity contribution is 8.26. The number of carbonyl (C=O) groups excluding carboxylic acids is 1. The summed E-state index contributed by atoms with van der Waals surface area (Å²) in [6.07, 6.45) is 7.89. The van der Waals surface area contributed by atoms with Gasteiger partial charge in [-0.25, -0.2) is 0 Å². The van der Waals surface area contributed by atoms with Gasteiger partial charge in [-0.15, -0.1) is 0 Å². The Morgan fingerprint density at radius 2 is 1.88 bits per heavy atom. The fourth-order valence-corrected chi connectivity index (χ4v) is 3.08. The third-order valence-corrected chi connectivity index (χ3v) is 4.16. The van der Waals surface area contributed by atoms with Crippen molar-refractivity contribution in [3.8, 4) is 0 Å². The van der Waals surface area contributed by atoms with E-state index in [0.29, 0.717) is 10.9 Å². The van der Waals surface area contributed by atoms with Gasteiger partial charge in [0.05, 0.1) is 4.91 Å². The first-order valence-electron chi connectivity index (χ1n) is 5.57. The number of thiocarbonyl (C=S) groups is 1. The first-order chi connectivity index (χ1) is 8.17. The number of nitrogens with zero attached hydrogens (tertiary/aromatic N) is 2. The molecule has 0 aromatic carbocycles. The van der Waals surface area contributed by atoms with Crippen molar-refractivity contribution in [3.05, 3.63) is 35.0 Å². The molecule has 90 valence electrons. The van der Waals surface area contributed by atoms with E-state index in [9.17, 15) is 4.79 Å². The number of allylic oxidation sites excluding steroid dienone is 3. The predicted octanol–water partition coefficient (Wildman–Crippen LogP) is 2.48. The highest BCUT2D eigenvalue weighted by atomic mass is 32.2. The highest BCUT2D eigenvalue weighted by Crippen LogP contribution is 2.34. The van der Waals surface area contributed by atoms with Crippen LogP contribution in [0.5, 0.6) is 0 Å². The zero-order chi connectivity index (χ0) is 12.4. The Labute approximate surface area is 111 Å². The van der Waals surface area contributed by atoms with Gasteiger partial charge in [0.15, 0.2) is 0 Å². The fourth-order valence-electron chi connectivity index (χ4n) is 1.67. The van der Waals surface area contributed by atoms with E-state index in [4.69, 9.17) is 12.2 Å². The molecule has 0 atom stereocenters. The van der Waals surface area contributed by atoms with Crippen LogP contribution in [0.2, 0.25) is 0 Å². The summed E-state index contributed by atoms with van der Waals surface area (Å²) in [5, 5.41) is 0. The summed E-state index contributed by atoms with van der Waals surface area (Å²) in [6.45, 7) is 5.58. The number of amides is 1. The molecule has 2 aliphatic heterocycles. The zero-order valence-electron chi connectivity index (χ0n) is 9.84. The standard InChI is InChI=1S/C12H14N2OS2/c1-3-13-7-5-9(6-8-13)10-11(15)14(4-2)12(16)17-10/h5-8H,3-4H2,1-2H3. The second-order valence-corrected chi connectivity index (χ2v) is 5.31. The van der Waals surface area contributed by atoms with Gasteiger partial charge >= 0.3 is 0 Å². The van der Waals surface area contributed by atoms with Gasteiger partial charge in [0.25, 0.3) is 5.91 Å². The van der Waals surface area contributed by atoms with Gasteiger partial charge in [0, 0.05) is 25.5 Å². The molecular formula is C12H14N2OS2. The molecule has 17 heavy (non-hydrogen) atoms. The number of carbonyl (C=O) groups is 1. The Kier molecular flexibility index (Phi) is 3.69. The lowest BCUT2D eigenvalue weighted by Crippen LogP contribution is -2.27. The molecule has 3 nitrogen and oxygen atoms in total. The molecule has 0 saturated carbocycles. The van der Waals surface area contributed by atoms with Crippen LogP contribution in [0.1, 0.15) is 13.8 Å². The Morgan fingerprint density at radius 3 is 2.35 bits per heavy atom. The molecule has 0 aromatic rings. The number of thioether (sulfide) groups is 1. The van der Waals surface area contributed by atoms with Crippen LogP contribution < -0.4 is 0 Å². The van der Waals surface area contributed by atoms with Crippen molar-refractivity contribution in [2.45, 2.75) is 13.8 Å². The van der Waals surface area contributed by atoms with Crippen LogP contribution >= 0.6 is 24.0 Å². The molecule has 2 aliphatic rings. The van der Waals surface area contributed by atoms with Gasteiger partial charge in [-0.05, 0) is 31.6 Å². The number of likely N-dealkylation sites (N-methyl/N-ethyl adjacent to an activating group) is 1. The summed E-state index contributed by atoms with van der Waals surface area (Å²) < 4.78 is 0.653. The number of hydrogen-bond acceptors (Lipinski definition) is 4. The van der Waals surface area contributed by atoms with E-state index in [1.54, 1.807) is 4.90 Å². The minimum atomic E-state index is 0.0248. The van der Waals surface area contributed by atoms with E-state index in [2.05, 4.69) is 11.8 Å². The van der Waals surface area contributed by atoms with Crippen LogP contribution in [0.3, 0.4) is 0 Å². The molecule has 1 saturated heterocycles. The Balaban J connectivity index is 2.27. The maximum Gasteiger partial charge on any atom is 0.266 e. The molecular weight excluding hydrogens is 252 g/mol. The Morgan fingerprint density at radius 1 is 1.24 bits per heavy atom. The smallest absolute Gasteiger partial charge is 0.266 e. The fraction of sp³-hybridized carbons (Fsp3) is 0.333. The van der Waals surface area contributed by atoms with E-state index >= 15 is 0 Å². The third kappa shape index (κ3) is 2.30. The molecule has 0 spiro atoms. The van der Waals surface area contributed by atoms with E-state index in [0.717, 1.165) is 17.0 Å². The normalized spacial score (nSPS) is 19.9. The predicted molar refractivity (Wildman–Crippen MR) is 75.3 cm³/mol. The summed E-state index contributed by atoms with van der Waals surface area (Å²) in [5.74, 6) is 0.0248. The largest absolute Gasteiger partial charge is 0.354 e. The lowest BCUT2D eigenvalue weighted by Gasteiger charge is -2.16. The molecule has 0 aromatic heterocycles. The summed E-state index contributed by atoms with van der Waals surface area (Å²) in [6, 6.07) is 0. The van der Waals surface area contributed by atoms with Gasteiger partial charge in [0.2, 0.25) is 0 Å². The molecule has 0 unspecified atom stereocenters. The Hall–Kier alpha value is -1.07. The third-order valence-electron chi connectivity index (χ3n) is 2.68. The molecule has 0 radical (unpaired) electrons. The molecule has 0 N–H and O–H groups in total. The van der Waals surface area contributed by atoms with Crippen molar-refractivity contribution in [1.29, 1.82) is 0 Å². The van der Waals surface area contributed by atoms with Gasteiger partial charge in [-0.2, -0.15) is 0 Å². The van der Waals surface area contributed by atoms with Crippen molar-refractivity contribution < 1.29 is 4.79 Å². The summed E-state index contributed by atoms with van der Waals surface area (Å²) in [7, 11) is 0. The molecule has 1 amide bonds. The van der Waals surface area contributed by atoms with Gasteiger partial charge in [0.1, 0.15) is 4.32 Å². The minimum Gasteiger partial charge on any atom is -0.354 e. The van der Waals surface area contributed by atoms with Gasteiger partial charge < -0.3 is 4.90 Å². The van der Waals surface area contributed by atoms with Crippen molar-refractivity contribution in [3.63, 3.8) is 0 Å². The average molecular weight is 266 g/mol. The first-order valence-corrected chi connectivity index (χ1v) is 6.80. The molecule has 0 aliphatic carbocycles. The quantitative estimate of drug-likeness (QED) is 0.566. The second kappa shape index (κ2) is 5.06. The van der Waals surface area contributed by atoms with Crippen LogP contribution in [0.25, 0.3) is 0 Å². The highest BCUT2D eigenvalue weighted by Gasteiger charge is 2.32. The maximum atomic E-state index is 12.1. The van der Waals surface area contributed by atoms with E-state index < -0.39 is 0 Å². The Bertz CT molecular complexity index is 435. The molecule has 2 rings (SSSR count). The average Bonchev–Trinajstić information content (AvgIpc) is 2.64. The van der Waals surface area contributed by atoms with Crippen molar-refractivity contribution in [2.24, 2.45) is 0 Å². The van der Waals surface area contributed by atoms with Crippen LogP contribution in [-0.2, 0) is 4.79 Å². The summed E-state index contributed by atoms with van der Waals surface area (Å²) in [5.41, 5.74) is 0.947. The minimum absolute atomic E-state index is 0.0248. The van der Waals surface area contributed by atoms with Crippen molar-refractivity contribution in [2.75, 3.05) is 13.1 Å². The lowest BCUT2D eigenvalue weighted by molar-refractivity contribution is -0.122. The monoisotopic (exact) mass is 266 g/mol. The van der Waals surface area contributed by atoms with Crippen LogP contribution in [0, 0.1) is 0 Å². The number of rotatable bonds is 2. The molecule has 5 heteroatoms. The van der Waals surface area contributed by atoms with Gasteiger partial charge in [-0.3, -0.25) is 9.69 Å². The SMILES string of the molecule is CCN1C=CC(=C2SC(=S)N(CC)C2=O)C=C1. The van der Waals surface area contributed by atoms with Crippen LogP contribution in [0.15, 0.2) is 35.0 Å². The van der Waals surface area contributed by atoms with E-state index in [1.807, 2.05) is 31.5 Å². The summed E-state index contributed by atoms with van der Waals surface area (Å²) in [4.78, 5) is 16.5. The molecule has 2 heterocycles.